The number of halogens is 6. The van der Waals surface area contributed by atoms with Gasteiger partial charge < -0.3 is 15.5 Å². The Bertz CT molecular complexity index is 1180. The second-order valence-electron chi connectivity index (χ2n) is 11.3. The molecule has 4 rings (SSSR count). The first-order chi connectivity index (χ1) is 18.6. The third-order valence-corrected chi connectivity index (χ3v) is 7.10. The highest BCUT2D eigenvalue weighted by Gasteiger charge is 2.37. The molecule has 0 bridgehead atoms. The van der Waals surface area contributed by atoms with Crippen molar-refractivity contribution in [1.82, 2.24) is 14.9 Å². The summed E-state index contributed by atoms with van der Waals surface area (Å²) in [7, 11) is 3.27. The summed E-state index contributed by atoms with van der Waals surface area (Å²) in [5.74, 6) is 1.95. The molecule has 1 aromatic carbocycles. The maximum Gasteiger partial charge on any atom is 0.416 e. The number of nitrogens with zero attached hydrogens (tertiary/aromatic N) is 5. The summed E-state index contributed by atoms with van der Waals surface area (Å²) < 4.78 is 81.3. The molecule has 0 amide bonds. The van der Waals surface area contributed by atoms with Crippen molar-refractivity contribution in [2.75, 3.05) is 32.1 Å². The van der Waals surface area contributed by atoms with Crippen LogP contribution in [0.5, 0.6) is 0 Å². The second-order valence-corrected chi connectivity index (χ2v) is 11.3. The molecule has 2 saturated carbocycles. The van der Waals surface area contributed by atoms with Gasteiger partial charge in [0.1, 0.15) is 5.82 Å². The van der Waals surface area contributed by atoms with Gasteiger partial charge >= 0.3 is 12.4 Å². The van der Waals surface area contributed by atoms with Crippen molar-refractivity contribution in [2.24, 2.45) is 22.7 Å². The molecule has 2 aliphatic rings. The lowest BCUT2D eigenvalue weighted by Gasteiger charge is -2.31. The van der Waals surface area contributed by atoms with Gasteiger partial charge in [0, 0.05) is 45.0 Å². The van der Waals surface area contributed by atoms with Gasteiger partial charge in [-0.2, -0.15) is 26.3 Å². The molecule has 40 heavy (non-hydrogen) atoms. The Balaban J connectivity index is 1.75. The lowest BCUT2D eigenvalue weighted by Crippen LogP contribution is -2.39. The van der Waals surface area contributed by atoms with E-state index in [4.69, 9.17) is 10.7 Å². The van der Waals surface area contributed by atoms with E-state index >= 15 is 0 Å². The standard InChI is InChI=1S/C28H36F6N6/c1-17-9-18(2)36-25(39(13-19-5-6-19)14-20-7-8-20)24(17)16-40(26(35)37-38(3)4)15-21-10-22(27(29,30)31)12-23(11-21)28(32,33)34/h9-12,19-20H,5-8,13-16H2,1-4H3,(H2,35,37). The Kier molecular flexibility index (Phi) is 8.46. The fourth-order valence-corrected chi connectivity index (χ4v) is 4.78. The topological polar surface area (TPSA) is 61.0 Å². The van der Waals surface area contributed by atoms with Gasteiger partial charge in [0.2, 0.25) is 5.96 Å². The number of anilines is 1. The van der Waals surface area contributed by atoms with E-state index in [0.29, 0.717) is 11.8 Å². The molecular weight excluding hydrogens is 534 g/mol. The molecule has 2 aliphatic carbocycles. The normalized spacial score (nSPS) is 16.3. The Morgan fingerprint density at radius 3 is 1.85 bits per heavy atom. The molecule has 2 fully saturated rings. The molecule has 2 aromatic rings. The summed E-state index contributed by atoms with van der Waals surface area (Å²) in [5.41, 5.74) is 5.98. The minimum Gasteiger partial charge on any atom is -0.368 e. The molecule has 6 nitrogen and oxygen atoms in total. The van der Waals surface area contributed by atoms with Crippen molar-refractivity contribution >= 4 is 11.8 Å². The zero-order valence-electron chi connectivity index (χ0n) is 23.2. The SMILES string of the molecule is Cc1cc(C)c(CN(Cc2cc(C(F)(F)F)cc(C(F)(F)F)c2)/C(N)=N/N(C)C)c(N(CC2CC2)CC2CC2)n1. The van der Waals surface area contributed by atoms with Crippen molar-refractivity contribution in [3.05, 3.63) is 57.8 Å². The van der Waals surface area contributed by atoms with E-state index in [1.165, 1.54) is 9.91 Å². The number of aromatic nitrogens is 1. The van der Waals surface area contributed by atoms with Crippen molar-refractivity contribution in [3.8, 4) is 0 Å². The number of aryl methyl sites for hydroxylation is 2. The number of rotatable bonds is 10. The smallest absolute Gasteiger partial charge is 0.368 e. The number of pyridine rings is 1. The van der Waals surface area contributed by atoms with Crippen LogP contribution in [0.2, 0.25) is 0 Å². The van der Waals surface area contributed by atoms with Gasteiger partial charge in [0.25, 0.3) is 0 Å². The van der Waals surface area contributed by atoms with Gasteiger partial charge in [0.05, 0.1) is 17.7 Å². The zero-order chi connectivity index (χ0) is 29.4. The molecule has 12 heteroatoms. The van der Waals surface area contributed by atoms with Crippen LogP contribution < -0.4 is 10.6 Å². The van der Waals surface area contributed by atoms with Crippen LogP contribution >= 0.6 is 0 Å². The zero-order valence-corrected chi connectivity index (χ0v) is 23.2. The first-order valence-electron chi connectivity index (χ1n) is 13.4. The first-order valence-corrected chi connectivity index (χ1v) is 13.4. The molecule has 0 saturated heterocycles. The summed E-state index contributed by atoms with van der Waals surface area (Å²) in [6, 6.07) is 3.53. The largest absolute Gasteiger partial charge is 0.416 e. The Hall–Kier alpha value is -3.18. The highest BCUT2D eigenvalue weighted by atomic mass is 19.4. The number of hydrogen-bond acceptors (Lipinski definition) is 4. The van der Waals surface area contributed by atoms with E-state index in [0.717, 1.165) is 73.5 Å². The van der Waals surface area contributed by atoms with Crippen LogP contribution in [0.1, 0.15) is 59.2 Å². The second kappa shape index (κ2) is 11.4. The maximum atomic E-state index is 13.6. The van der Waals surface area contributed by atoms with E-state index in [1.807, 2.05) is 19.9 Å². The number of alkyl halides is 6. The van der Waals surface area contributed by atoms with Gasteiger partial charge in [-0.3, -0.25) is 5.01 Å². The quantitative estimate of drug-likeness (QED) is 0.161. The molecule has 0 unspecified atom stereocenters. The lowest BCUT2D eigenvalue weighted by atomic mass is 10.0. The molecule has 1 heterocycles. The van der Waals surface area contributed by atoms with Crippen LogP contribution in [-0.4, -0.2) is 48.0 Å². The lowest BCUT2D eigenvalue weighted by molar-refractivity contribution is -0.143. The summed E-state index contributed by atoms with van der Waals surface area (Å²) in [6.45, 7) is 5.37. The summed E-state index contributed by atoms with van der Waals surface area (Å²) in [5, 5.41) is 5.66. The first kappa shape index (κ1) is 29.8. The molecule has 0 radical (unpaired) electrons. The van der Waals surface area contributed by atoms with Crippen LogP contribution in [-0.2, 0) is 25.4 Å². The average Bonchev–Trinajstić information content (AvgIpc) is 3.75. The number of hydrazone groups is 1. The summed E-state index contributed by atoms with van der Waals surface area (Å²) in [6.07, 6.45) is -5.25. The van der Waals surface area contributed by atoms with Crippen LogP contribution in [0.25, 0.3) is 0 Å². The van der Waals surface area contributed by atoms with Crippen LogP contribution in [0.3, 0.4) is 0 Å². The third-order valence-electron chi connectivity index (χ3n) is 7.10. The highest BCUT2D eigenvalue weighted by molar-refractivity contribution is 5.78. The fraction of sp³-hybridized carbons (Fsp3) is 0.571. The fourth-order valence-electron chi connectivity index (χ4n) is 4.78. The predicted octanol–water partition coefficient (Wildman–Crippen LogP) is 6.16. The predicted molar refractivity (Wildman–Crippen MR) is 142 cm³/mol. The van der Waals surface area contributed by atoms with Crippen molar-refractivity contribution in [1.29, 1.82) is 0 Å². The Morgan fingerprint density at radius 2 is 1.40 bits per heavy atom. The van der Waals surface area contributed by atoms with Crippen molar-refractivity contribution in [3.63, 3.8) is 0 Å². The third kappa shape index (κ3) is 7.94. The Morgan fingerprint density at radius 1 is 0.875 bits per heavy atom. The van der Waals surface area contributed by atoms with Crippen LogP contribution in [0, 0.1) is 25.7 Å². The van der Waals surface area contributed by atoms with Gasteiger partial charge in [-0.05, 0) is 86.8 Å². The van der Waals surface area contributed by atoms with Gasteiger partial charge in [-0.15, -0.1) is 5.10 Å². The van der Waals surface area contributed by atoms with Crippen LogP contribution in [0.4, 0.5) is 32.2 Å². The maximum absolute atomic E-state index is 13.6. The average molecular weight is 571 g/mol. The minimum atomic E-state index is -4.94. The molecule has 0 spiro atoms. The highest BCUT2D eigenvalue weighted by Crippen LogP contribution is 2.38. The van der Waals surface area contributed by atoms with E-state index in [9.17, 15) is 26.3 Å². The molecule has 0 aliphatic heterocycles. The molecule has 2 N–H and O–H groups in total. The monoisotopic (exact) mass is 570 g/mol. The van der Waals surface area contributed by atoms with Crippen LogP contribution in [0.15, 0.2) is 29.4 Å². The number of benzene rings is 1. The number of hydrogen-bond donors (Lipinski definition) is 1. The molecule has 1 aromatic heterocycles. The molecule has 0 atom stereocenters. The number of guanidine groups is 1. The van der Waals surface area contributed by atoms with E-state index in [2.05, 4.69) is 10.0 Å². The minimum absolute atomic E-state index is 0.0298. The van der Waals surface area contributed by atoms with Gasteiger partial charge in [-0.25, -0.2) is 4.98 Å². The van der Waals surface area contributed by atoms with E-state index in [-0.39, 0.29) is 30.7 Å². The summed E-state index contributed by atoms with van der Waals surface area (Å²) in [4.78, 5) is 8.68. The number of nitrogens with two attached hydrogens (primary N) is 1. The molecular formula is C28H36F6N6. The van der Waals surface area contributed by atoms with Crippen molar-refractivity contribution < 1.29 is 26.3 Å². The Labute approximate surface area is 230 Å². The molecule has 220 valence electrons. The van der Waals surface area contributed by atoms with E-state index < -0.39 is 23.5 Å². The van der Waals surface area contributed by atoms with Crippen molar-refractivity contribution in [2.45, 2.75) is 65.0 Å². The van der Waals surface area contributed by atoms with Gasteiger partial charge in [0.15, 0.2) is 0 Å². The summed E-state index contributed by atoms with van der Waals surface area (Å²) >= 11 is 0. The van der Waals surface area contributed by atoms with Gasteiger partial charge in [-0.1, -0.05) is 0 Å². The van der Waals surface area contributed by atoms with E-state index in [1.54, 1.807) is 14.1 Å².